The lowest BCUT2D eigenvalue weighted by atomic mass is 9.76. The molecule has 0 bridgehead atoms. The Balaban J connectivity index is 2.33. The number of thiocarbonyl (C=S) groups is 2. The summed E-state index contributed by atoms with van der Waals surface area (Å²) in [6.07, 6.45) is -2.60. The maximum absolute atomic E-state index is 12.8. The first-order chi connectivity index (χ1) is 16.4. The second-order valence-electron chi connectivity index (χ2n) is 7.54. The van der Waals surface area contributed by atoms with Gasteiger partial charge in [0.1, 0.15) is 11.6 Å². The number of amides is 2. The lowest BCUT2D eigenvalue weighted by molar-refractivity contribution is -0.155. The van der Waals surface area contributed by atoms with Crippen LogP contribution in [0.15, 0.2) is 0 Å². The number of carbonyl (C=O) groups is 6. The zero-order chi connectivity index (χ0) is 26.6. The van der Waals surface area contributed by atoms with Gasteiger partial charge in [-0.2, -0.15) is 10.5 Å². The summed E-state index contributed by atoms with van der Waals surface area (Å²) in [5.41, 5.74) is -4.42. The van der Waals surface area contributed by atoms with Gasteiger partial charge in [-0.1, -0.05) is 0 Å². The molecule has 2 fully saturated rings. The second-order valence-corrected chi connectivity index (χ2v) is 8.36. The number of rotatable bonds is 8. The normalized spacial score (nSPS) is 27.5. The Morgan fingerprint density at radius 1 is 0.829 bits per heavy atom. The number of nitriles is 2. The van der Waals surface area contributed by atoms with Crippen molar-refractivity contribution < 1.29 is 38.2 Å². The van der Waals surface area contributed by atoms with Crippen molar-refractivity contribution in [2.24, 2.45) is 11.8 Å². The van der Waals surface area contributed by atoms with Crippen molar-refractivity contribution in [3.05, 3.63) is 0 Å². The van der Waals surface area contributed by atoms with Crippen LogP contribution in [-0.4, -0.2) is 70.8 Å². The summed E-state index contributed by atoms with van der Waals surface area (Å²) in [6.45, 7) is 0. The zero-order valence-corrected chi connectivity index (χ0v) is 19.9. The van der Waals surface area contributed by atoms with E-state index in [1.54, 1.807) is 12.1 Å². The largest absolute Gasteiger partial charge is 0.467 e. The average molecular weight is 523 g/mol. The van der Waals surface area contributed by atoms with Gasteiger partial charge >= 0.3 is 11.9 Å². The minimum absolute atomic E-state index is 0.335. The molecule has 0 aromatic rings. The van der Waals surface area contributed by atoms with Crippen molar-refractivity contribution in [1.29, 1.82) is 10.5 Å². The van der Waals surface area contributed by atoms with Crippen molar-refractivity contribution in [3.63, 3.8) is 0 Å². The van der Waals surface area contributed by atoms with Crippen molar-refractivity contribution in [2.75, 3.05) is 14.2 Å². The molecule has 2 rings (SSSR count). The molecule has 4 atom stereocenters. The van der Waals surface area contributed by atoms with Gasteiger partial charge in [0, 0.05) is 12.8 Å². The van der Waals surface area contributed by atoms with Crippen molar-refractivity contribution in [3.8, 4) is 12.1 Å². The van der Waals surface area contributed by atoms with Crippen LogP contribution in [0.5, 0.6) is 0 Å². The predicted octanol–water partition coefficient (Wildman–Crippen LogP) is -2.59. The summed E-state index contributed by atoms with van der Waals surface area (Å²) in [7, 11) is 1.94. The van der Waals surface area contributed by atoms with Gasteiger partial charge < -0.3 is 30.7 Å². The number of Topliss-reactive ketones (excluding diaryl/α,β-unsaturated/α-hetero) is 2. The molecule has 0 radical (unpaired) electrons. The van der Waals surface area contributed by atoms with Crippen LogP contribution in [0.25, 0.3) is 0 Å². The van der Waals surface area contributed by atoms with E-state index in [0.717, 1.165) is 14.2 Å². The molecule has 0 aromatic carbocycles. The van der Waals surface area contributed by atoms with Gasteiger partial charge in [0.05, 0.1) is 32.8 Å². The number of ether oxygens (including phenoxy) is 2. The van der Waals surface area contributed by atoms with Crippen LogP contribution < -0.4 is 21.3 Å². The Morgan fingerprint density at radius 2 is 1.17 bits per heavy atom. The number of nitrogens with one attached hydrogen (secondary N) is 4. The molecular weight excluding hydrogens is 504 g/mol. The number of esters is 2. The quantitative estimate of drug-likeness (QED) is 0.146. The molecule has 35 heavy (non-hydrogen) atoms. The zero-order valence-electron chi connectivity index (χ0n) is 18.3. The summed E-state index contributed by atoms with van der Waals surface area (Å²) in [6, 6.07) is 3.24. The van der Waals surface area contributed by atoms with Gasteiger partial charge in [-0.3, -0.25) is 19.2 Å². The molecule has 0 aromatic heterocycles. The molecule has 14 nitrogen and oxygen atoms in total. The van der Waals surface area contributed by atoms with Crippen LogP contribution >= 0.6 is 24.4 Å². The Morgan fingerprint density at radius 3 is 1.46 bits per heavy atom. The maximum atomic E-state index is 12.8. The molecule has 0 aliphatic carbocycles. The lowest BCUT2D eigenvalue weighted by Gasteiger charge is -2.39. The Hall–Kier alpha value is -4.02. The summed E-state index contributed by atoms with van der Waals surface area (Å²) < 4.78 is 9.34. The van der Waals surface area contributed by atoms with Gasteiger partial charge in [-0.15, -0.1) is 0 Å². The van der Waals surface area contributed by atoms with Crippen LogP contribution in [0, 0.1) is 34.5 Å². The standard InChI is InChI=1S/C19H18N6O8S2/c1-32-14(30)18(10(6-20)12(28)22-16(34)24-18)4-8(26)3-9(27)5-19(15(31)33-2)11(7-21)13(29)23-17(35)25-19/h10-11H,3-5H2,1-2H3,(H2,22,24,28,34)(H2,23,25,29,35)/t10-,11+,18-,19+. The van der Waals surface area contributed by atoms with E-state index < -0.39 is 77.5 Å². The molecule has 0 unspecified atom stereocenters. The van der Waals surface area contributed by atoms with Gasteiger partial charge in [0.15, 0.2) is 33.1 Å². The predicted molar refractivity (Wildman–Crippen MR) is 119 cm³/mol. The Bertz CT molecular complexity index is 1040. The number of methoxy groups -OCH3 is 2. The minimum atomic E-state index is -2.21. The average Bonchev–Trinajstić information content (AvgIpc) is 2.76. The highest BCUT2D eigenvalue weighted by Gasteiger charge is 2.57. The van der Waals surface area contributed by atoms with Crippen molar-refractivity contribution >= 4 is 70.0 Å². The van der Waals surface area contributed by atoms with Crippen LogP contribution in [0.4, 0.5) is 0 Å². The first kappa shape index (κ1) is 27.2. The number of hydrogen-bond donors (Lipinski definition) is 4. The highest BCUT2D eigenvalue weighted by molar-refractivity contribution is 7.80. The fourth-order valence-electron chi connectivity index (χ4n) is 3.87. The third-order valence-electron chi connectivity index (χ3n) is 5.36. The van der Waals surface area contributed by atoms with Gasteiger partial charge in [-0.25, -0.2) is 9.59 Å². The fraction of sp³-hybridized carbons (Fsp3) is 0.474. The Kier molecular flexibility index (Phi) is 8.16. The van der Waals surface area contributed by atoms with Crippen LogP contribution in [0.2, 0.25) is 0 Å². The molecule has 2 aliphatic rings. The molecule has 2 heterocycles. The molecule has 0 saturated carbocycles. The van der Waals surface area contributed by atoms with E-state index in [-0.39, 0.29) is 10.2 Å². The summed E-state index contributed by atoms with van der Waals surface area (Å²) in [5, 5.41) is 27.4. The first-order valence-electron chi connectivity index (χ1n) is 9.66. The van der Waals surface area contributed by atoms with Crippen LogP contribution in [0.1, 0.15) is 19.3 Å². The molecule has 184 valence electrons. The van der Waals surface area contributed by atoms with E-state index in [1.165, 1.54) is 0 Å². The van der Waals surface area contributed by atoms with E-state index in [2.05, 4.69) is 30.7 Å². The molecule has 0 spiro atoms. The van der Waals surface area contributed by atoms with Gasteiger partial charge in [0.2, 0.25) is 11.8 Å². The van der Waals surface area contributed by atoms with E-state index >= 15 is 0 Å². The highest BCUT2D eigenvalue weighted by atomic mass is 32.1. The summed E-state index contributed by atoms with van der Waals surface area (Å²) in [5.74, 6) is -9.51. The minimum Gasteiger partial charge on any atom is -0.467 e. The first-order valence-corrected chi connectivity index (χ1v) is 10.5. The van der Waals surface area contributed by atoms with E-state index in [1.807, 2.05) is 0 Å². The van der Waals surface area contributed by atoms with Gasteiger partial charge in [-0.05, 0) is 24.4 Å². The summed E-state index contributed by atoms with van der Waals surface area (Å²) >= 11 is 9.75. The molecule has 2 aliphatic heterocycles. The number of hydrogen-bond acceptors (Lipinski definition) is 12. The molecule has 16 heteroatoms. The van der Waals surface area contributed by atoms with Gasteiger partial charge in [0.25, 0.3) is 0 Å². The van der Waals surface area contributed by atoms with Crippen molar-refractivity contribution in [2.45, 2.75) is 30.3 Å². The Labute approximate surface area is 208 Å². The number of ketones is 2. The third-order valence-corrected chi connectivity index (χ3v) is 5.77. The lowest BCUT2D eigenvalue weighted by Crippen LogP contribution is -2.70. The fourth-order valence-corrected chi connectivity index (χ4v) is 4.44. The number of carbonyl (C=O) groups excluding carboxylic acids is 6. The van der Waals surface area contributed by atoms with Crippen molar-refractivity contribution in [1.82, 2.24) is 21.3 Å². The summed E-state index contributed by atoms with van der Waals surface area (Å²) in [4.78, 5) is 75.2. The third kappa shape index (κ3) is 5.08. The van der Waals surface area contributed by atoms with E-state index in [9.17, 15) is 39.3 Å². The SMILES string of the molecule is COC(=O)[C@]1(CC(=O)CC(=O)C[C@]2(C(=O)OC)NC(=S)NC(=O)[C@@H]2C#N)NC(=S)NC(=O)[C@H]1C#N. The molecule has 2 saturated heterocycles. The smallest absolute Gasteiger partial charge is 0.333 e. The highest BCUT2D eigenvalue weighted by Crippen LogP contribution is 2.30. The number of nitrogens with zero attached hydrogens (tertiary/aromatic N) is 2. The van der Waals surface area contributed by atoms with E-state index in [4.69, 9.17) is 24.4 Å². The molecule has 4 N–H and O–H groups in total. The van der Waals surface area contributed by atoms with Crippen LogP contribution in [-0.2, 0) is 38.2 Å². The monoisotopic (exact) mass is 522 g/mol. The molecule has 2 amide bonds. The second kappa shape index (κ2) is 10.5. The van der Waals surface area contributed by atoms with Crippen LogP contribution in [0.3, 0.4) is 0 Å². The molecular formula is C19H18N6O8S2. The maximum Gasteiger partial charge on any atom is 0.333 e. The topological polar surface area (TPSA) is 217 Å². The van der Waals surface area contributed by atoms with E-state index in [0.29, 0.717) is 0 Å².